The van der Waals surface area contributed by atoms with Crippen molar-refractivity contribution in [3.05, 3.63) is 35.4 Å². The molecule has 0 saturated carbocycles. The fourth-order valence-electron chi connectivity index (χ4n) is 2.78. The molecule has 1 N–H and O–H groups in total. The van der Waals surface area contributed by atoms with Gasteiger partial charge in [0.1, 0.15) is 0 Å². The number of hydrogen-bond acceptors (Lipinski definition) is 4. The van der Waals surface area contributed by atoms with Crippen molar-refractivity contribution in [2.75, 3.05) is 46.9 Å². The Labute approximate surface area is 126 Å². The van der Waals surface area contributed by atoms with Gasteiger partial charge in [0.2, 0.25) is 0 Å². The maximum absolute atomic E-state index is 11.0. The minimum Gasteiger partial charge on any atom is -0.478 e. The van der Waals surface area contributed by atoms with Crippen LogP contribution in [-0.4, -0.2) is 67.8 Å². The van der Waals surface area contributed by atoms with Gasteiger partial charge in [-0.15, -0.1) is 0 Å². The van der Waals surface area contributed by atoms with Crippen molar-refractivity contribution >= 4 is 5.97 Å². The SMILES string of the molecule is CN(C)C[C@@H]1COCCN(Cc2cccc(C(=O)O)c2)C1. The lowest BCUT2D eigenvalue weighted by atomic mass is 10.1. The van der Waals surface area contributed by atoms with Gasteiger partial charge in [0.05, 0.1) is 18.8 Å². The Morgan fingerprint density at radius 3 is 3.00 bits per heavy atom. The number of carboxylic acids is 1. The van der Waals surface area contributed by atoms with E-state index in [0.717, 1.165) is 45.0 Å². The van der Waals surface area contributed by atoms with Gasteiger partial charge in [-0.25, -0.2) is 4.79 Å². The normalized spacial score (nSPS) is 20.4. The quantitative estimate of drug-likeness (QED) is 0.889. The molecule has 5 nitrogen and oxygen atoms in total. The average Bonchev–Trinajstić information content (AvgIpc) is 2.63. The predicted molar refractivity (Wildman–Crippen MR) is 81.5 cm³/mol. The Balaban J connectivity index is 2.00. The van der Waals surface area contributed by atoms with Gasteiger partial charge in [0.25, 0.3) is 0 Å². The molecule has 1 aliphatic heterocycles. The molecule has 2 rings (SSSR count). The Morgan fingerprint density at radius 1 is 1.48 bits per heavy atom. The highest BCUT2D eigenvalue weighted by atomic mass is 16.5. The van der Waals surface area contributed by atoms with Crippen LogP contribution in [0.3, 0.4) is 0 Å². The molecule has 0 aromatic heterocycles. The van der Waals surface area contributed by atoms with Crippen LogP contribution in [0.15, 0.2) is 24.3 Å². The van der Waals surface area contributed by atoms with Gasteiger partial charge in [-0.1, -0.05) is 12.1 Å². The third-order valence-corrected chi connectivity index (χ3v) is 3.63. The molecule has 1 fully saturated rings. The molecule has 1 atom stereocenters. The molecule has 1 aliphatic rings. The van der Waals surface area contributed by atoms with E-state index in [1.54, 1.807) is 12.1 Å². The van der Waals surface area contributed by atoms with E-state index < -0.39 is 5.97 Å². The first-order valence-corrected chi connectivity index (χ1v) is 7.31. The molecule has 116 valence electrons. The van der Waals surface area contributed by atoms with Crippen LogP contribution in [0.5, 0.6) is 0 Å². The minimum absolute atomic E-state index is 0.350. The van der Waals surface area contributed by atoms with Crippen molar-refractivity contribution in [1.29, 1.82) is 0 Å². The Hall–Kier alpha value is -1.43. The van der Waals surface area contributed by atoms with Gasteiger partial charge in [0, 0.05) is 32.1 Å². The monoisotopic (exact) mass is 292 g/mol. The summed E-state index contributed by atoms with van der Waals surface area (Å²) in [6, 6.07) is 7.19. The Bertz CT molecular complexity index is 476. The highest BCUT2D eigenvalue weighted by Gasteiger charge is 2.19. The minimum atomic E-state index is -0.874. The third kappa shape index (κ3) is 5.12. The van der Waals surface area contributed by atoms with Crippen LogP contribution in [0.25, 0.3) is 0 Å². The van der Waals surface area contributed by atoms with Crippen LogP contribution in [0, 0.1) is 5.92 Å². The topological polar surface area (TPSA) is 53.0 Å². The molecule has 1 aromatic rings. The molecule has 0 spiro atoms. The molecule has 1 aromatic carbocycles. The molecule has 1 saturated heterocycles. The lowest BCUT2D eigenvalue weighted by Gasteiger charge is -2.25. The van der Waals surface area contributed by atoms with E-state index in [1.807, 2.05) is 12.1 Å². The van der Waals surface area contributed by atoms with E-state index in [1.165, 1.54) is 0 Å². The maximum atomic E-state index is 11.0. The van der Waals surface area contributed by atoms with E-state index in [4.69, 9.17) is 9.84 Å². The second-order valence-electron chi connectivity index (χ2n) is 5.94. The third-order valence-electron chi connectivity index (χ3n) is 3.63. The molecule has 21 heavy (non-hydrogen) atoms. The Morgan fingerprint density at radius 2 is 2.29 bits per heavy atom. The largest absolute Gasteiger partial charge is 0.478 e. The van der Waals surface area contributed by atoms with E-state index in [0.29, 0.717) is 11.5 Å². The standard InChI is InChI=1S/C16H24N2O3/c1-17(2)9-14-11-18(6-7-21-12-14)10-13-4-3-5-15(8-13)16(19)20/h3-5,8,14H,6-7,9-12H2,1-2H3,(H,19,20)/t14-/m0/s1. The summed E-state index contributed by atoms with van der Waals surface area (Å²) in [5.41, 5.74) is 1.39. The average molecular weight is 292 g/mol. The van der Waals surface area contributed by atoms with Crippen molar-refractivity contribution in [2.24, 2.45) is 5.92 Å². The number of hydrogen-bond donors (Lipinski definition) is 1. The maximum Gasteiger partial charge on any atom is 0.335 e. The zero-order valence-electron chi connectivity index (χ0n) is 12.8. The summed E-state index contributed by atoms with van der Waals surface area (Å²) in [4.78, 5) is 15.6. The second kappa shape index (κ2) is 7.54. The fourth-order valence-corrected chi connectivity index (χ4v) is 2.78. The van der Waals surface area contributed by atoms with Crippen LogP contribution >= 0.6 is 0 Å². The molecular formula is C16H24N2O3. The summed E-state index contributed by atoms with van der Waals surface area (Å²) < 4.78 is 5.68. The molecule has 0 radical (unpaired) electrons. The van der Waals surface area contributed by atoms with Crippen LogP contribution in [0.1, 0.15) is 15.9 Å². The lowest BCUT2D eigenvalue weighted by Crippen LogP contribution is -2.34. The van der Waals surface area contributed by atoms with Gasteiger partial charge < -0.3 is 14.7 Å². The fraction of sp³-hybridized carbons (Fsp3) is 0.562. The summed E-state index contributed by atoms with van der Waals surface area (Å²) >= 11 is 0. The van der Waals surface area contributed by atoms with Crippen LogP contribution in [0.2, 0.25) is 0 Å². The predicted octanol–water partition coefficient (Wildman–Crippen LogP) is 1.39. The van der Waals surface area contributed by atoms with Gasteiger partial charge in [-0.3, -0.25) is 4.90 Å². The number of nitrogens with zero attached hydrogens (tertiary/aromatic N) is 2. The molecule has 0 amide bonds. The van der Waals surface area contributed by atoms with Gasteiger partial charge >= 0.3 is 5.97 Å². The Kier molecular flexibility index (Phi) is 5.73. The summed E-state index contributed by atoms with van der Waals surface area (Å²) in [6.07, 6.45) is 0. The number of carboxylic acid groups (broad SMARTS) is 1. The molecule has 0 aliphatic carbocycles. The molecule has 5 heteroatoms. The van der Waals surface area contributed by atoms with E-state index in [-0.39, 0.29) is 0 Å². The summed E-state index contributed by atoms with van der Waals surface area (Å²) in [5.74, 6) is -0.383. The first kappa shape index (κ1) is 15.9. The van der Waals surface area contributed by atoms with E-state index >= 15 is 0 Å². The van der Waals surface area contributed by atoms with Crippen molar-refractivity contribution in [2.45, 2.75) is 6.54 Å². The summed E-state index contributed by atoms with van der Waals surface area (Å²) in [7, 11) is 4.15. The van der Waals surface area contributed by atoms with E-state index in [9.17, 15) is 4.79 Å². The molecular weight excluding hydrogens is 268 g/mol. The molecule has 1 heterocycles. The van der Waals surface area contributed by atoms with E-state index in [2.05, 4.69) is 23.9 Å². The number of carbonyl (C=O) groups is 1. The zero-order valence-corrected chi connectivity index (χ0v) is 12.8. The van der Waals surface area contributed by atoms with Gasteiger partial charge in [0.15, 0.2) is 0 Å². The second-order valence-corrected chi connectivity index (χ2v) is 5.94. The smallest absolute Gasteiger partial charge is 0.335 e. The molecule has 0 unspecified atom stereocenters. The first-order chi connectivity index (χ1) is 10.0. The van der Waals surface area contributed by atoms with Crippen LogP contribution in [-0.2, 0) is 11.3 Å². The lowest BCUT2D eigenvalue weighted by molar-refractivity contribution is 0.0696. The van der Waals surface area contributed by atoms with Crippen molar-refractivity contribution in [3.63, 3.8) is 0 Å². The van der Waals surface area contributed by atoms with Crippen LogP contribution in [0.4, 0.5) is 0 Å². The number of benzene rings is 1. The van der Waals surface area contributed by atoms with Crippen molar-refractivity contribution < 1.29 is 14.6 Å². The van der Waals surface area contributed by atoms with Gasteiger partial charge in [-0.2, -0.15) is 0 Å². The summed E-state index contributed by atoms with van der Waals surface area (Å²) in [5, 5.41) is 9.06. The highest BCUT2D eigenvalue weighted by molar-refractivity contribution is 5.87. The zero-order chi connectivity index (χ0) is 15.2. The van der Waals surface area contributed by atoms with Crippen molar-refractivity contribution in [1.82, 2.24) is 9.80 Å². The first-order valence-electron chi connectivity index (χ1n) is 7.31. The van der Waals surface area contributed by atoms with Crippen LogP contribution < -0.4 is 0 Å². The highest BCUT2D eigenvalue weighted by Crippen LogP contribution is 2.13. The summed E-state index contributed by atoms with van der Waals surface area (Å²) in [6.45, 7) is 5.18. The number of rotatable bonds is 5. The number of ether oxygens (including phenoxy) is 1. The van der Waals surface area contributed by atoms with Gasteiger partial charge in [-0.05, 0) is 31.8 Å². The molecule has 0 bridgehead atoms. The number of aromatic carboxylic acids is 1. The van der Waals surface area contributed by atoms with Crippen molar-refractivity contribution in [3.8, 4) is 0 Å².